The summed E-state index contributed by atoms with van der Waals surface area (Å²) < 4.78 is 2.25. The lowest BCUT2D eigenvalue weighted by molar-refractivity contribution is -0.385. The van der Waals surface area contributed by atoms with E-state index in [0.29, 0.717) is 16.4 Å². The molecule has 12 heteroatoms. The summed E-state index contributed by atoms with van der Waals surface area (Å²) in [5, 5.41) is 12.0. The molecule has 0 saturated heterocycles. The van der Waals surface area contributed by atoms with Crippen LogP contribution in [0.2, 0.25) is 0 Å². The fourth-order valence-corrected chi connectivity index (χ4v) is 4.03. The molecule has 168 valence electrons. The molecule has 32 heavy (non-hydrogen) atoms. The minimum absolute atomic E-state index is 0.0248. The Labute approximate surface area is 186 Å². The number of fused-ring (bicyclic) bond motifs is 1. The van der Waals surface area contributed by atoms with Crippen LogP contribution in [0.25, 0.3) is 11.0 Å². The summed E-state index contributed by atoms with van der Waals surface area (Å²) in [4.78, 5) is 56.6. The maximum absolute atomic E-state index is 12.9. The van der Waals surface area contributed by atoms with Gasteiger partial charge in [0.05, 0.1) is 4.92 Å². The first kappa shape index (κ1) is 23.1. The molecule has 0 radical (unpaired) electrons. The van der Waals surface area contributed by atoms with Crippen LogP contribution in [0, 0.1) is 10.1 Å². The van der Waals surface area contributed by atoms with Gasteiger partial charge in [-0.15, -0.1) is 11.8 Å². The number of aryl methyl sites for hydroxylation is 1. The van der Waals surface area contributed by atoms with Gasteiger partial charge in [0.2, 0.25) is 5.91 Å². The van der Waals surface area contributed by atoms with E-state index >= 15 is 0 Å². The van der Waals surface area contributed by atoms with Crippen molar-refractivity contribution in [3.63, 3.8) is 0 Å². The van der Waals surface area contributed by atoms with Gasteiger partial charge in [-0.2, -0.15) is 0 Å². The number of nitro benzene ring substituents is 1. The quantitative estimate of drug-likeness (QED) is 0.262. The zero-order valence-corrected chi connectivity index (χ0v) is 19.0. The highest BCUT2D eigenvalue weighted by Gasteiger charge is 2.24. The van der Waals surface area contributed by atoms with E-state index in [9.17, 15) is 24.5 Å². The van der Waals surface area contributed by atoms with E-state index in [-0.39, 0.29) is 28.0 Å². The van der Waals surface area contributed by atoms with Gasteiger partial charge in [-0.25, -0.2) is 14.8 Å². The third-order valence-electron chi connectivity index (χ3n) is 4.87. The molecule has 2 N–H and O–H groups in total. The third kappa shape index (κ3) is 4.13. The van der Waals surface area contributed by atoms with E-state index in [0.717, 1.165) is 22.4 Å². The van der Waals surface area contributed by atoms with E-state index in [1.165, 1.54) is 30.8 Å². The summed E-state index contributed by atoms with van der Waals surface area (Å²) in [7, 11) is 2.88. The molecule has 2 heterocycles. The highest BCUT2D eigenvalue weighted by Crippen LogP contribution is 2.32. The average Bonchev–Trinajstić information content (AvgIpc) is 2.73. The van der Waals surface area contributed by atoms with Gasteiger partial charge < -0.3 is 5.73 Å². The molecule has 0 atom stereocenters. The molecule has 0 aliphatic rings. The summed E-state index contributed by atoms with van der Waals surface area (Å²) in [5.74, 6) is -0.250. The van der Waals surface area contributed by atoms with Crippen molar-refractivity contribution in [2.45, 2.75) is 37.0 Å². The van der Waals surface area contributed by atoms with Crippen molar-refractivity contribution in [2.75, 3.05) is 0 Å². The lowest BCUT2D eigenvalue weighted by Crippen LogP contribution is -2.38. The third-order valence-corrected chi connectivity index (χ3v) is 5.89. The van der Waals surface area contributed by atoms with Crippen molar-refractivity contribution >= 4 is 34.4 Å². The number of primary amides is 1. The Balaban J connectivity index is 2.20. The molecule has 0 bridgehead atoms. The second kappa shape index (κ2) is 8.19. The predicted octanol–water partition coefficient (Wildman–Crippen LogP) is 1.62. The van der Waals surface area contributed by atoms with Crippen LogP contribution in [-0.2, 0) is 25.3 Å². The monoisotopic (exact) mass is 458 g/mol. The number of nitro groups is 1. The number of rotatable bonds is 5. The van der Waals surface area contributed by atoms with Crippen LogP contribution in [0.4, 0.5) is 5.69 Å². The van der Waals surface area contributed by atoms with Gasteiger partial charge in [-0.3, -0.25) is 28.8 Å². The molecular weight excluding hydrogens is 436 g/mol. The molecule has 11 nitrogen and oxygen atoms in total. The van der Waals surface area contributed by atoms with Gasteiger partial charge in [0.1, 0.15) is 16.2 Å². The predicted molar refractivity (Wildman–Crippen MR) is 120 cm³/mol. The topological polar surface area (TPSA) is 156 Å². The van der Waals surface area contributed by atoms with E-state index in [1.54, 1.807) is 0 Å². The molecular formula is C20H22N6O5S. The zero-order valence-electron chi connectivity index (χ0n) is 18.2. The maximum atomic E-state index is 12.9. The van der Waals surface area contributed by atoms with Gasteiger partial charge in [0, 0.05) is 42.5 Å². The van der Waals surface area contributed by atoms with Crippen molar-refractivity contribution in [3.8, 4) is 0 Å². The summed E-state index contributed by atoms with van der Waals surface area (Å²) in [6, 6.07) is 3.99. The maximum Gasteiger partial charge on any atom is 0.332 e. The minimum atomic E-state index is -0.770. The molecule has 0 saturated carbocycles. The van der Waals surface area contributed by atoms with E-state index in [2.05, 4.69) is 9.97 Å². The number of nitrogens with two attached hydrogens (primary N) is 1. The second-order valence-electron chi connectivity index (χ2n) is 8.26. The number of hydrogen-bond donors (Lipinski definition) is 1. The molecule has 0 spiro atoms. The van der Waals surface area contributed by atoms with Crippen molar-refractivity contribution in [3.05, 3.63) is 66.1 Å². The van der Waals surface area contributed by atoms with Gasteiger partial charge in [-0.05, 0) is 6.07 Å². The zero-order chi connectivity index (χ0) is 24.0. The first-order valence-corrected chi connectivity index (χ1v) is 10.5. The largest absolute Gasteiger partial charge is 0.366 e. The van der Waals surface area contributed by atoms with Crippen LogP contribution in [0.5, 0.6) is 0 Å². The highest BCUT2D eigenvalue weighted by atomic mass is 32.2. The molecule has 0 fully saturated rings. The van der Waals surface area contributed by atoms with Crippen molar-refractivity contribution < 1.29 is 9.72 Å². The van der Waals surface area contributed by atoms with Crippen LogP contribution >= 0.6 is 11.8 Å². The average molecular weight is 459 g/mol. The highest BCUT2D eigenvalue weighted by molar-refractivity contribution is 7.98. The molecule has 1 aromatic carbocycles. The SMILES string of the molecule is Cn1c(=O)c2c(SCc3ccc(C(N)=O)cc3[N+](=O)[O-])nc(C(C)(C)C)nc2n(C)c1=O. The molecule has 3 aromatic rings. The van der Waals surface area contributed by atoms with Crippen LogP contribution < -0.4 is 17.0 Å². The Morgan fingerprint density at radius 1 is 1.19 bits per heavy atom. The fourth-order valence-electron chi connectivity index (χ4n) is 3.02. The summed E-state index contributed by atoms with van der Waals surface area (Å²) in [5.41, 5.74) is 3.97. The number of carbonyl (C=O) groups is 1. The lowest BCUT2D eigenvalue weighted by Gasteiger charge is -2.19. The Bertz CT molecular complexity index is 1390. The van der Waals surface area contributed by atoms with Crippen LogP contribution in [0.3, 0.4) is 0 Å². The first-order chi connectivity index (χ1) is 14.8. The molecule has 3 rings (SSSR count). The first-order valence-electron chi connectivity index (χ1n) is 9.51. The number of hydrogen-bond acceptors (Lipinski definition) is 8. The van der Waals surface area contributed by atoms with Gasteiger partial charge in [0.15, 0.2) is 5.65 Å². The van der Waals surface area contributed by atoms with Crippen LogP contribution in [0.15, 0.2) is 32.8 Å². The van der Waals surface area contributed by atoms with Crippen molar-refractivity contribution in [1.29, 1.82) is 0 Å². The fraction of sp³-hybridized carbons (Fsp3) is 0.350. The van der Waals surface area contributed by atoms with Crippen LogP contribution in [-0.4, -0.2) is 29.9 Å². The number of nitrogens with zero attached hydrogens (tertiary/aromatic N) is 5. The minimum Gasteiger partial charge on any atom is -0.366 e. The normalized spacial score (nSPS) is 11.7. The van der Waals surface area contributed by atoms with Crippen LogP contribution in [0.1, 0.15) is 42.5 Å². The lowest BCUT2D eigenvalue weighted by atomic mass is 9.96. The Morgan fingerprint density at radius 3 is 2.41 bits per heavy atom. The summed E-state index contributed by atoms with van der Waals surface area (Å²) >= 11 is 1.12. The molecule has 1 amide bonds. The van der Waals surface area contributed by atoms with Gasteiger partial charge in [0.25, 0.3) is 11.2 Å². The number of aromatic nitrogens is 4. The van der Waals surface area contributed by atoms with Crippen molar-refractivity contribution in [2.24, 2.45) is 19.8 Å². The standard InChI is InChI=1S/C20H22N6O5S/c1-20(2,3)18-22-15-13(17(28)25(5)19(29)24(15)4)16(23-18)32-9-11-7-6-10(14(21)27)8-12(11)26(30)31/h6-8H,9H2,1-5H3,(H2,21,27). The van der Waals surface area contributed by atoms with Gasteiger partial charge >= 0.3 is 5.69 Å². The Kier molecular flexibility index (Phi) is 5.92. The molecule has 2 aromatic heterocycles. The second-order valence-corrected chi connectivity index (χ2v) is 9.22. The summed E-state index contributed by atoms with van der Waals surface area (Å²) in [6.07, 6.45) is 0. The number of benzene rings is 1. The number of thioether (sulfide) groups is 1. The van der Waals surface area contributed by atoms with E-state index in [4.69, 9.17) is 5.73 Å². The molecule has 0 aliphatic heterocycles. The van der Waals surface area contributed by atoms with Gasteiger partial charge in [-0.1, -0.05) is 26.8 Å². The smallest absolute Gasteiger partial charge is 0.332 e. The number of amides is 1. The Hall–Kier alpha value is -3.54. The Morgan fingerprint density at radius 2 is 1.84 bits per heavy atom. The molecule has 0 aliphatic carbocycles. The van der Waals surface area contributed by atoms with Crippen molar-refractivity contribution in [1.82, 2.24) is 19.1 Å². The molecule has 0 unspecified atom stereocenters. The van der Waals surface area contributed by atoms with E-state index < -0.39 is 27.5 Å². The summed E-state index contributed by atoms with van der Waals surface area (Å²) in [6.45, 7) is 5.69. The van der Waals surface area contributed by atoms with E-state index in [1.807, 2.05) is 20.8 Å². The number of carbonyl (C=O) groups excluding carboxylic acids is 1.